The third-order valence-corrected chi connectivity index (χ3v) is 2.74. The highest BCUT2D eigenvalue weighted by Crippen LogP contribution is 2.17. The molecule has 0 saturated heterocycles. The molecule has 0 bridgehead atoms. The van der Waals surface area contributed by atoms with E-state index in [4.69, 9.17) is 11.5 Å². The Morgan fingerprint density at radius 1 is 1.33 bits per heavy atom. The highest BCUT2D eigenvalue weighted by molar-refractivity contribution is 4.75. The summed E-state index contributed by atoms with van der Waals surface area (Å²) in [5.74, 6) is 0.380. The molecule has 72 valence electrons. The third-order valence-electron chi connectivity index (χ3n) is 2.74. The highest BCUT2D eigenvalue weighted by Gasteiger charge is 2.15. The quantitative estimate of drug-likeness (QED) is 0.536. The topological polar surface area (TPSA) is 64.1 Å². The molecule has 1 fully saturated rings. The molecule has 0 aromatic carbocycles. The Bertz CT molecular complexity index is 117. The summed E-state index contributed by atoms with van der Waals surface area (Å²) >= 11 is 0. The van der Waals surface area contributed by atoms with Gasteiger partial charge >= 0.3 is 0 Å². The lowest BCUT2D eigenvalue weighted by Crippen LogP contribution is -2.43. The standard InChI is InChI=1S/C9H21N3/c1-7(9(10)11)6-12-8-4-2-3-5-8/h7-9,12H,2-6,10-11H2,1H3. The van der Waals surface area contributed by atoms with Gasteiger partial charge in [0.05, 0.1) is 6.17 Å². The van der Waals surface area contributed by atoms with E-state index >= 15 is 0 Å². The lowest BCUT2D eigenvalue weighted by molar-refractivity contribution is 0.399. The van der Waals surface area contributed by atoms with E-state index in [2.05, 4.69) is 12.2 Å². The predicted octanol–water partition coefficient (Wildman–Crippen LogP) is 0.398. The van der Waals surface area contributed by atoms with Crippen LogP contribution in [0.25, 0.3) is 0 Å². The second kappa shape index (κ2) is 4.80. The average Bonchev–Trinajstić information content (AvgIpc) is 2.51. The molecule has 3 nitrogen and oxygen atoms in total. The van der Waals surface area contributed by atoms with Crippen LogP contribution in [0, 0.1) is 5.92 Å². The summed E-state index contributed by atoms with van der Waals surface area (Å²) < 4.78 is 0. The summed E-state index contributed by atoms with van der Waals surface area (Å²) in [5.41, 5.74) is 11.1. The summed E-state index contributed by atoms with van der Waals surface area (Å²) in [7, 11) is 0. The summed E-state index contributed by atoms with van der Waals surface area (Å²) in [5, 5.41) is 3.50. The van der Waals surface area contributed by atoms with Crippen molar-refractivity contribution in [2.24, 2.45) is 17.4 Å². The maximum Gasteiger partial charge on any atom is 0.0559 e. The second-order valence-electron chi connectivity index (χ2n) is 3.94. The largest absolute Gasteiger partial charge is 0.316 e. The van der Waals surface area contributed by atoms with Gasteiger partial charge in [0.2, 0.25) is 0 Å². The number of nitrogens with one attached hydrogen (secondary N) is 1. The predicted molar refractivity (Wildman–Crippen MR) is 51.6 cm³/mol. The molecule has 1 aliphatic carbocycles. The first-order chi connectivity index (χ1) is 5.70. The van der Waals surface area contributed by atoms with Crippen LogP contribution < -0.4 is 16.8 Å². The van der Waals surface area contributed by atoms with Gasteiger partial charge in [0.15, 0.2) is 0 Å². The van der Waals surface area contributed by atoms with Crippen molar-refractivity contribution in [3.8, 4) is 0 Å². The maximum absolute atomic E-state index is 5.56. The lowest BCUT2D eigenvalue weighted by Gasteiger charge is -2.19. The first kappa shape index (κ1) is 9.96. The van der Waals surface area contributed by atoms with Gasteiger partial charge in [0.1, 0.15) is 0 Å². The minimum atomic E-state index is -0.182. The van der Waals surface area contributed by atoms with Crippen molar-refractivity contribution in [2.75, 3.05) is 6.54 Å². The van der Waals surface area contributed by atoms with Gasteiger partial charge in [-0.2, -0.15) is 0 Å². The molecule has 0 aliphatic heterocycles. The van der Waals surface area contributed by atoms with Crippen LogP contribution in [0.5, 0.6) is 0 Å². The molecule has 0 radical (unpaired) electrons. The SMILES string of the molecule is CC(CNC1CCCC1)C(N)N. The van der Waals surface area contributed by atoms with Gasteiger partial charge < -0.3 is 16.8 Å². The normalized spacial score (nSPS) is 22.0. The van der Waals surface area contributed by atoms with Crippen LogP contribution in [0.2, 0.25) is 0 Å². The van der Waals surface area contributed by atoms with Crippen LogP contribution in [-0.2, 0) is 0 Å². The summed E-state index contributed by atoms with van der Waals surface area (Å²) in [4.78, 5) is 0. The van der Waals surface area contributed by atoms with Gasteiger partial charge in [0, 0.05) is 12.6 Å². The second-order valence-corrected chi connectivity index (χ2v) is 3.94. The molecule has 1 aliphatic rings. The van der Waals surface area contributed by atoms with Crippen molar-refractivity contribution in [2.45, 2.75) is 44.8 Å². The van der Waals surface area contributed by atoms with Gasteiger partial charge in [-0.15, -0.1) is 0 Å². The van der Waals surface area contributed by atoms with Crippen LogP contribution >= 0.6 is 0 Å². The van der Waals surface area contributed by atoms with Crippen molar-refractivity contribution >= 4 is 0 Å². The molecule has 0 spiro atoms. The van der Waals surface area contributed by atoms with Gasteiger partial charge in [-0.1, -0.05) is 19.8 Å². The smallest absolute Gasteiger partial charge is 0.0559 e. The Morgan fingerprint density at radius 3 is 2.42 bits per heavy atom. The molecular weight excluding hydrogens is 150 g/mol. The molecule has 1 atom stereocenters. The van der Waals surface area contributed by atoms with E-state index in [1.54, 1.807) is 0 Å². The van der Waals surface area contributed by atoms with Crippen molar-refractivity contribution < 1.29 is 0 Å². The van der Waals surface area contributed by atoms with Gasteiger partial charge in [-0.05, 0) is 18.8 Å². The van der Waals surface area contributed by atoms with Crippen LogP contribution in [-0.4, -0.2) is 18.8 Å². The molecule has 3 heteroatoms. The number of hydrogen-bond acceptors (Lipinski definition) is 3. The molecule has 12 heavy (non-hydrogen) atoms. The highest BCUT2D eigenvalue weighted by atomic mass is 14.9. The number of rotatable bonds is 4. The Hall–Kier alpha value is -0.120. The first-order valence-electron chi connectivity index (χ1n) is 4.94. The molecule has 5 N–H and O–H groups in total. The van der Waals surface area contributed by atoms with E-state index in [1.807, 2.05) is 0 Å². The average molecular weight is 171 g/mol. The molecule has 0 heterocycles. The Morgan fingerprint density at radius 2 is 1.92 bits per heavy atom. The summed E-state index contributed by atoms with van der Waals surface area (Å²) in [6.07, 6.45) is 5.22. The van der Waals surface area contributed by atoms with Gasteiger partial charge in [-0.25, -0.2) is 0 Å². The first-order valence-corrected chi connectivity index (χ1v) is 4.94. The lowest BCUT2D eigenvalue weighted by atomic mass is 10.1. The molecule has 0 aromatic rings. The van der Waals surface area contributed by atoms with E-state index in [9.17, 15) is 0 Å². The van der Waals surface area contributed by atoms with E-state index in [-0.39, 0.29) is 6.17 Å². The Kier molecular flexibility index (Phi) is 3.98. The minimum Gasteiger partial charge on any atom is -0.316 e. The minimum absolute atomic E-state index is 0.182. The van der Waals surface area contributed by atoms with E-state index in [0.29, 0.717) is 5.92 Å². The molecule has 1 rings (SSSR count). The van der Waals surface area contributed by atoms with E-state index in [1.165, 1.54) is 25.7 Å². The molecule has 1 unspecified atom stereocenters. The number of nitrogens with two attached hydrogens (primary N) is 2. The fourth-order valence-electron chi connectivity index (χ4n) is 1.62. The van der Waals surface area contributed by atoms with Crippen molar-refractivity contribution in [1.29, 1.82) is 0 Å². The van der Waals surface area contributed by atoms with Crippen LogP contribution in [0.15, 0.2) is 0 Å². The fraction of sp³-hybridized carbons (Fsp3) is 1.00. The fourth-order valence-corrected chi connectivity index (χ4v) is 1.62. The molecule has 0 amide bonds. The van der Waals surface area contributed by atoms with Gasteiger partial charge in [-0.3, -0.25) is 0 Å². The van der Waals surface area contributed by atoms with Crippen LogP contribution in [0.1, 0.15) is 32.6 Å². The Labute approximate surface area is 74.9 Å². The maximum atomic E-state index is 5.56. The van der Waals surface area contributed by atoms with Crippen LogP contribution in [0.4, 0.5) is 0 Å². The van der Waals surface area contributed by atoms with E-state index < -0.39 is 0 Å². The summed E-state index contributed by atoms with van der Waals surface area (Å²) in [6.45, 7) is 3.05. The zero-order valence-electron chi connectivity index (χ0n) is 7.92. The molecule has 1 saturated carbocycles. The van der Waals surface area contributed by atoms with Crippen LogP contribution in [0.3, 0.4) is 0 Å². The van der Waals surface area contributed by atoms with E-state index in [0.717, 1.165) is 12.6 Å². The zero-order chi connectivity index (χ0) is 8.97. The Balaban J connectivity index is 2.07. The molecular formula is C9H21N3. The monoisotopic (exact) mass is 171 g/mol. The zero-order valence-corrected chi connectivity index (χ0v) is 7.92. The number of hydrogen-bond donors (Lipinski definition) is 3. The van der Waals surface area contributed by atoms with Crippen molar-refractivity contribution in [1.82, 2.24) is 5.32 Å². The third kappa shape index (κ3) is 3.09. The van der Waals surface area contributed by atoms with Crippen molar-refractivity contribution in [3.05, 3.63) is 0 Å². The van der Waals surface area contributed by atoms with Crippen molar-refractivity contribution in [3.63, 3.8) is 0 Å². The van der Waals surface area contributed by atoms with Gasteiger partial charge in [0.25, 0.3) is 0 Å². The summed E-state index contributed by atoms with van der Waals surface area (Å²) in [6, 6.07) is 0.728. The molecule has 0 aromatic heterocycles.